The predicted octanol–water partition coefficient (Wildman–Crippen LogP) is 5.98. The second-order valence-electron chi connectivity index (χ2n) is 8.88. The van der Waals surface area contributed by atoms with Crippen LogP contribution in [0.3, 0.4) is 0 Å². The highest BCUT2D eigenvalue weighted by Gasteiger charge is 2.51. The Hall–Kier alpha value is -1.44. The summed E-state index contributed by atoms with van der Waals surface area (Å²) in [5, 5.41) is 5.19. The van der Waals surface area contributed by atoms with Crippen LogP contribution in [0.5, 0.6) is 0 Å². The third kappa shape index (κ3) is 6.17. The van der Waals surface area contributed by atoms with E-state index >= 15 is 0 Å². The van der Waals surface area contributed by atoms with Gasteiger partial charge in [-0.25, -0.2) is 0 Å². The molecule has 11 heteroatoms. The summed E-state index contributed by atoms with van der Waals surface area (Å²) in [5.41, 5.74) is -1.60. The molecule has 1 aliphatic carbocycles. The Kier molecular flexibility index (Phi) is 7.97. The van der Waals surface area contributed by atoms with Crippen molar-refractivity contribution in [3.05, 3.63) is 45.5 Å². The van der Waals surface area contributed by atoms with Crippen molar-refractivity contribution in [2.75, 3.05) is 13.2 Å². The lowest BCUT2D eigenvalue weighted by Gasteiger charge is -2.27. The van der Waals surface area contributed by atoms with Gasteiger partial charge in [-0.3, -0.25) is 9.36 Å². The first kappa shape index (κ1) is 26.2. The zero-order valence-electron chi connectivity index (χ0n) is 19.4. The van der Waals surface area contributed by atoms with E-state index in [0.29, 0.717) is 15.9 Å². The quantitative estimate of drug-likeness (QED) is 0.279. The Bertz CT molecular complexity index is 1020. The van der Waals surface area contributed by atoms with Gasteiger partial charge in [-0.05, 0) is 71.2 Å². The largest absolute Gasteiger partial charge is 0.459 e. The van der Waals surface area contributed by atoms with Crippen molar-refractivity contribution in [3.8, 4) is 0 Å². The van der Waals surface area contributed by atoms with Crippen molar-refractivity contribution >= 4 is 36.8 Å². The van der Waals surface area contributed by atoms with Gasteiger partial charge in [0.1, 0.15) is 5.60 Å². The van der Waals surface area contributed by atoms with Gasteiger partial charge in [-0.15, -0.1) is 0 Å². The summed E-state index contributed by atoms with van der Waals surface area (Å²) in [4.78, 5) is 17.5. The maximum Gasteiger partial charge on any atom is 0.345 e. The number of hydrogen-bond acceptors (Lipinski definition) is 8. The van der Waals surface area contributed by atoms with Gasteiger partial charge in [0.05, 0.1) is 25.0 Å². The number of carbonyl (C=O) groups excluding carboxylic acids is 1. The Morgan fingerprint density at radius 1 is 1.15 bits per heavy atom. The van der Waals surface area contributed by atoms with Crippen LogP contribution in [0.15, 0.2) is 22.7 Å². The Morgan fingerprint density at radius 2 is 1.73 bits per heavy atom. The summed E-state index contributed by atoms with van der Waals surface area (Å²) in [6.07, 6.45) is 1.45. The average Bonchev–Trinajstić information content (AvgIpc) is 3.36. The zero-order valence-corrected chi connectivity index (χ0v) is 21.8. The van der Waals surface area contributed by atoms with Crippen molar-refractivity contribution in [1.29, 1.82) is 0 Å². The maximum atomic E-state index is 13.5. The molecule has 182 valence electrons. The van der Waals surface area contributed by atoms with Gasteiger partial charge in [0.2, 0.25) is 5.89 Å². The third-order valence-electron chi connectivity index (χ3n) is 5.11. The molecule has 1 aromatic heterocycles. The molecule has 0 bridgehead atoms. The van der Waals surface area contributed by atoms with E-state index in [0.717, 1.165) is 18.4 Å². The highest BCUT2D eigenvalue weighted by atomic mass is 35.5. The lowest BCUT2D eigenvalue weighted by atomic mass is 9.95. The smallest absolute Gasteiger partial charge is 0.345 e. The molecule has 1 aromatic carbocycles. The van der Waals surface area contributed by atoms with E-state index in [9.17, 15) is 9.36 Å². The summed E-state index contributed by atoms with van der Waals surface area (Å²) in [7, 11) is -3.86. The number of esters is 1. The van der Waals surface area contributed by atoms with Gasteiger partial charge in [0, 0.05) is 10.0 Å². The monoisotopic (exact) mass is 518 g/mol. The summed E-state index contributed by atoms with van der Waals surface area (Å²) >= 11 is 12.4. The second-order valence-corrected chi connectivity index (χ2v) is 12.0. The van der Waals surface area contributed by atoms with Gasteiger partial charge < -0.3 is 18.3 Å². The van der Waals surface area contributed by atoms with Crippen molar-refractivity contribution in [2.45, 2.75) is 70.6 Å². The molecule has 8 nitrogen and oxygen atoms in total. The normalized spacial score (nSPS) is 16.5. The Morgan fingerprint density at radius 3 is 2.21 bits per heavy atom. The molecule has 2 aromatic rings. The number of benzene rings is 1. The van der Waals surface area contributed by atoms with Gasteiger partial charge in [0.15, 0.2) is 11.5 Å². The fourth-order valence-corrected chi connectivity index (χ4v) is 5.94. The Balaban J connectivity index is 1.91. The van der Waals surface area contributed by atoms with Crippen LogP contribution in [0.2, 0.25) is 10.0 Å². The van der Waals surface area contributed by atoms with Crippen LogP contribution in [0, 0.1) is 0 Å². The lowest BCUT2D eigenvalue weighted by Crippen LogP contribution is -2.34. The van der Waals surface area contributed by atoms with Gasteiger partial charge >= 0.3 is 13.6 Å². The minimum absolute atomic E-state index is 0.101. The first-order valence-corrected chi connectivity index (χ1v) is 13.2. The van der Waals surface area contributed by atoms with E-state index in [1.54, 1.807) is 40.7 Å². The summed E-state index contributed by atoms with van der Waals surface area (Å²) in [6.45, 7) is 8.74. The third-order valence-corrected chi connectivity index (χ3v) is 7.94. The molecule has 0 aliphatic heterocycles. The summed E-state index contributed by atoms with van der Waals surface area (Å²) in [5.74, 6) is -0.114. The standard InChI is InChI=1S/C22H29Cl2N2O6P/c1-6-29-33(28,30-7-2)17(19(27)31-21(3,4)5)13-18-25-20(26-32-18)22(8-9-22)14-10-15(23)12-16(24)11-14/h10-12,17H,6-9,13H2,1-5H3. The molecule has 1 heterocycles. The van der Waals surface area contributed by atoms with E-state index in [1.807, 2.05) is 12.1 Å². The summed E-state index contributed by atoms with van der Waals surface area (Å²) < 4.78 is 35.3. The van der Waals surface area contributed by atoms with Crippen LogP contribution >= 0.6 is 30.8 Å². The fourth-order valence-electron chi connectivity index (χ4n) is 3.57. The first-order chi connectivity index (χ1) is 15.4. The van der Waals surface area contributed by atoms with E-state index in [4.69, 9.17) is 41.5 Å². The summed E-state index contributed by atoms with van der Waals surface area (Å²) in [6, 6.07) is 5.32. The lowest BCUT2D eigenvalue weighted by molar-refractivity contribution is -0.154. The SMILES string of the molecule is CCOP(=O)(OCC)C(Cc1nc(C2(c3cc(Cl)cc(Cl)c3)CC2)no1)C(=O)OC(C)(C)C. The number of rotatable bonds is 10. The van der Waals surface area contributed by atoms with Crippen molar-refractivity contribution in [3.63, 3.8) is 0 Å². The van der Waals surface area contributed by atoms with Crippen molar-refractivity contribution in [2.24, 2.45) is 0 Å². The number of halogens is 2. The van der Waals surface area contributed by atoms with Crippen LogP contribution in [0.1, 0.15) is 64.7 Å². The molecule has 0 saturated heterocycles. The molecule has 1 fully saturated rings. The van der Waals surface area contributed by atoms with E-state index < -0.39 is 30.2 Å². The molecule has 1 aliphatic rings. The maximum absolute atomic E-state index is 13.5. The molecular weight excluding hydrogens is 490 g/mol. The van der Waals surface area contributed by atoms with E-state index in [2.05, 4.69) is 10.1 Å². The van der Waals surface area contributed by atoms with E-state index in [1.165, 1.54) is 0 Å². The predicted molar refractivity (Wildman–Crippen MR) is 125 cm³/mol. The molecule has 0 spiro atoms. The van der Waals surface area contributed by atoms with Crippen LogP contribution in [0.4, 0.5) is 0 Å². The molecule has 3 rings (SSSR count). The molecular formula is C22H29Cl2N2O6P. The van der Waals surface area contributed by atoms with Crippen molar-refractivity contribution < 1.29 is 27.7 Å². The molecule has 0 radical (unpaired) electrons. The average molecular weight is 519 g/mol. The number of ether oxygens (including phenoxy) is 1. The minimum Gasteiger partial charge on any atom is -0.459 e. The number of nitrogens with zero attached hydrogens (tertiary/aromatic N) is 2. The zero-order chi connectivity index (χ0) is 24.4. The fraction of sp³-hybridized carbons (Fsp3) is 0.591. The number of hydrogen-bond donors (Lipinski definition) is 0. The van der Waals surface area contributed by atoms with Crippen LogP contribution in [-0.4, -0.2) is 40.6 Å². The molecule has 0 N–H and O–H groups in total. The Labute approximate surface area is 203 Å². The first-order valence-electron chi connectivity index (χ1n) is 10.8. The van der Waals surface area contributed by atoms with Crippen LogP contribution in [0.25, 0.3) is 0 Å². The highest BCUT2D eigenvalue weighted by Crippen LogP contribution is 2.55. The van der Waals surface area contributed by atoms with Crippen molar-refractivity contribution in [1.82, 2.24) is 10.1 Å². The molecule has 1 atom stereocenters. The van der Waals surface area contributed by atoms with E-state index in [-0.39, 0.29) is 25.5 Å². The van der Waals surface area contributed by atoms with Gasteiger partial charge in [-0.2, -0.15) is 4.98 Å². The molecule has 1 unspecified atom stereocenters. The second kappa shape index (κ2) is 10.0. The van der Waals surface area contributed by atoms with Gasteiger partial charge in [0.25, 0.3) is 0 Å². The molecule has 0 amide bonds. The minimum atomic E-state index is -3.86. The van der Waals surface area contributed by atoms with Crippen LogP contribution < -0.4 is 0 Å². The topological polar surface area (TPSA) is 101 Å². The van der Waals surface area contributed by atoms with Gasteiger partial charge in [-0.1, -0.05) is 28.4 Å². The molecule has 1 saturated carbocycles. The number of aromatic nitrogens is 2. The number of carbonyl (C=O) groups is 1. The molecule has 33 heavy (non-hydrogen) atoms. The highest BCUT2D eigenvalue weighted by molar-refractivity contribution is 7.55. The van der Waals surface area contributed by atoms with Crippen LogP contribution in [-0.2, 0) is 35.0 Å².